The number of rotatable bonds is 7. The molecule has 0 aliphatic carbocycles. The highest BCUT2D eigenvalue weighted by Crippen LogP contribution is 2.35. The summed E-state index contributed by atoms with van der Waals surface area (Å²) in [6.07, 6.45) is 1.85. The Bertz CT molecular complexity index is 2150. The molecule has 0 saturated carbocycles. The van der Waals surface area contributed by atoms with Crippen LogP contribution in [0.15, 0.2) is 99.9 Å². The lowest BCUT2D eigenvalue weighted by atomic mass is 9.96. The van der Waals surface area contributed by atoms with Crippen molar-refractivity contribution in [3.8, 4) is 5.75 Å². The lowest BCUT2D eigenvalue weighted by Gasteiger charge is -2.25. The summed E-state index contributed by atoms with van der Waals surface area (Å²) in [4.78, 5) is 32.5. The van der Waals surface area contributed by atoms with E-state index in [4.69, 9.17) is 21.1 Å². The Morgan fingerprint density at radius 3 is 2.61 bits per heavy atom. The standard InChI is InChI=1S/C34H25ClI2N2O4S/c1-3-42-33(41)29-19(2)38-34-39(30(29)25-13-6-7-14-26(25)35)32(40)28(44-34)16-22-15-23(36)17-27(37)31(22)43-18-21-11-8-10-20-9-4-5-12-24(20)21/h4-17,30H,3,18H2,1-2H3/b28-16-/t30-/m1/s1. The number of allylic oxidation sites excluding steroid dienone is 1. The fraction of sp³-hybridized carbons (Fsp3) is 0.147. The summed E-state index contributed by atoms with van der Waals surface area (Å²) < 4.78 is 15.8. The Balaban J connectivity index is 1.48. The second-order valence-corrected chi connectivity index (χ2v) is 13.9. The number of aromatic nitrogens is 1. The number of benzene rings is 4. The summed E-state index contributed by atoms with van der Waals surface area (Å²) in [5.74, 6) is 0.167. The van der Waals surface area contributed by atoms with Crippen molar-refractivity contribution >= 4 is 90.9 Å². The van der Waals surface area contributed by atoms with Gasteiger partial charge in [-0.3, -0.25) is 9.36 Å². The molecule has 44 heavy (non-hydrogen) atoms. The molecule has 1 aromatic heterocycles. The molecule has 0 bridgehead atoms. The molecular formula is C34H25ClI2N2O4S. The third-order valence-corrected chi connectivity index (χ3v) is 10.0. The quantitative estimate of drug-likeness (QED) is 0.127. The summed E-state index contributed by atoms with van der Waals surface area (Å²) in [7, 11) is 0. The van der Waals surface area contributed by atoms with Gasteiger partial charge in [0.1, 0.15) is 18.4 Å². The molecule has 222 valence electrons. The molecule has 0 amide bonds. The number of carbonyl (C=O) groups is 1. The van der Waals surface area contributed by atoms with Crippen LogP contribution in [0, 0.1) is 7.14 Å². The van der Waals surface area contributed by atoms with Crippen molar-refractivity contribution in [1.82, 2.24) is 4.57 Å². The van der Waals surface area contributed by atoms with E-state index in [9.17, 15) is 9.59 Å². The van der Waals surface area contributed by atoms with Gasteiger partial charge in [-0.1, -0.05) is 83.6 Å². The number of ether oxygens (including phenoxy) is 2. The molecule has 5 aromatic rings. The summed E-state index contributed by atoms with van der Waals surface area (Å²) in [6.45, 7) is 4.07. The number of esters is 1. The van der Waals surface area contributed by atoms with Crippen LogP contribution in [0.2, 0.25) is 5.02 Å². The Hall–Kier alpha value is -3.00. The second kappa shape index (κ2) is 13.2. The smallest absolute Gasteiger partial charge is 0.338 e. The monoisotopic (exact) mass is 846 g/mol. The van der Waals surface area contributed by atoms with Crippen molar-refractivity contribution < 1.29 is 14.3 Å². The highest BCUT2D eigenvalue weighted by molar-refractivity contribution is 14.1. The SMILES string of the molecule is CCOC(=O)C1=C(C)N=c2s/c(=C\c3cc(I)cc(I)c3OCc3cccc4ccccc34)c(=O)n2[C@@H]1c1ccccc1Cl. The van der Waals surface area contributed by atoms with Gasteiger partial charge in [0.15, 0.2) is 4.80 Å². The summed E-state index contributed by atoms with van der Waals surface area (Å²) in [5, 5.41) is 2.73. The number of nitrogens with zero attached hydrogens (tertiary/aromatic N) is 2. The van der Waals surface area contributed by atoms with Gasteiger partial charge in [0.25, 0.3) is 5.56 Å². The first-order chi connectivity index (χ1) is 21.3. The van der Waals surface area contributed by atoms with E-state index in [1.54, 1.807) is 24.5 Å². The van der Waals surface area contributed by atoms with Gasteiger partial charge in [-0.2, -0.15) is 0 Å². The average Bonchev–Trinajstić information content (AvgIpc) is 3.30. The number of carbonyl (C=O) groups excluding carboxylic acids is 1. The molecule has 4 aromatic carbocycles. The van der Waals surface area contributed by atoms with E-state index in [0.717, 1.165) is 29.0 Å². The van der Waals surface area contributed by atoms with E-state index in [1.807, 2.05) is 54.6 Å². The normalized spacial score (nSPS) is 14.8. The fourth-order valence-corrected chi connectivity index (χ4v) is 8.65. The van der Waals surface area contributed by atoms with Crippen LogP contribution in [0.1, 0.15) is 36.6 Å². The van der Waals surface area contributed by atoms with Gasteiger partial charge in [-0.05, 0) is 105 Å². The van der Waals surface area contributed by atoms with Gasteiger partial charge in [-0.15, -0.1) is 0 Å². The maximum Gasteiger partial charge on any atom is 0.338 e. The van der Waals surface area contributed by atoms with E-state index < -0.39 is 12.0 Å². The van der Waals surface area contributed by atoms with Crippen molar-refractivity contribution in [1.29, 1.82) is 0 Å². The van der Waals surface area contributed by atoms with Crippen molar-refractivity contribution in [2.45, 2.75) is 26.5 Å². The first-order valence-electron chi connectivity index (χ1n) is 13.8. The molecule has 6 nitrogen and oxygen atoms in total. The Kier molecular flexibility index (Phi) is 9.27. The first kappa shape index (κ1) is 31.0. The van der Waals surface area contributed by atoms with Crippen LogP contribution in [0.3, 0.4) is 0 Å². The van der Waals surface area contributed by atoms with Crippen LogP contribution in [-0.2, 0) is 16.1 Å². The van der Waals surface area contributed by atoms with Crippen LogP contribution >= 0.6 is 68.1 Å². The van der Waals surface area contributed by atoms with Crippen molar-refractivity contribution in [3.05, 3.63) is 139 Å². The largest absolute Gasteiger partial charge is 0.487 e. The van der Waals surface area contributed by atoms with Gasteiger partial charge in [0.2, 0.25) is 0 Å². The van der Waals surface area contributed by atoms with E-state index >= 15 is 0 Å². The zero-order valence-electron chi connectivity index (χ0n) is 23.6. The molecule has 0 saturated heterocycles. The summed E-state index contributed by atoms with van der Waals surface area (Å²) >= 11 is 12.5. The highest BCUT2D eigenvalue weighted by atomic mass is 127. The van der Waals surface area contributed by atoms with Crippen molar-refractivity contribution in [2.75, 3.05) is 6.61 Å². The molecule has 0 spiro atoms. The molecule has 1 aliphatic heterocycles. The zero-order valence-corrected chi connectivity index (χ0v) is 29.5. The molecule has 0 N–H and O–H groups in total. The molecular weight excluding hydrogens is 822 g/mol. The number of halogens is 3. The van der Waals surface area contributed by atoms with E-state index in [1.165, 1.54) is 11.3 Å². The molecule has 1 aliphatic rings. The molecule has 2 heterocycles. The molecule has 6 rings (SSSR count). The van der Waals surface area contributed by atoms with Gasteiger partial charge in [0.05, 0.1) is 26.0 Å². The van der Waals surface area contributed by atoms with Crippen LogP contribution in [0.5, 0.6) is 5.75 Å². The second-order valence-electron chi connectivity index (χ2n) is 10.1. The summed E-state index contributed by atoms with van der Waals surface area (Å²) in [5.41, 5.74) is 2.99. The van der Waals surface area contributed by atoms with Crippen molar-refractivity contribution in [2.24, 2.45) is 4.99 Å². The first-order valence-corrected chi connectivity index (χ1v) is 17.1. The summed E-state index contributed by atoms with van der Waals surface area (Å²) in [6, 6.07) is 24.9. The molecule has 0 radical (unpaired) electrons. The highest BCUT2D eigenvalue weighted by Gasteiger charge is 2.34. The van der Waals surface area contributed by atoms with Crippen LogP contribution < -0.4 is 19.6 Å². The Morgan fingerprint density at radius 2 is 1.82 bits per heavy atom. The van der Waals surface area contributed by atoms with Gasteiger partial charge >= 0.3 is 5.97 Å². The van der Waals surface area contributed by atoms with E-state index in [-0.39, 0.29) is 12.2 Å². The minimum absolute atomic E-state index is 0.197. The lowest BCUT2D eigenvalue weighted by molar-refractivity contribution is -0.139. The third-order valence-electron chi connectivity index (χ3n) is 7.29. The van der Waals surface area contributed by atoms with E-state index in [0.29, 0.717) is 43.5 Å². The van der Waals surface area contributed by atoms with Crippen LogP contribution in [-0.4, -0.2) is 17.1 Å². The van der Waals surface area contributed by atoms with Gasteiger partial charge < -0.3 is 9.47 Å². The number of hydrogen-bond donors (Lipinski definition) is 0. The number of thiazole rings is 1. The van der Waals surface area contributed by atoms with Gasteiger partial charge in [-0.25, -0.2) is 9.79 Å². The number of hydrogen-bond acceptors (Lipinski definition) is 6. The number of fused-ring (bicyclic) bond motifs is 2. The maximum atomic E-state index is 14.2. The van der Waals surface area contributed by atoms with Crippen LogP contribution in [0.25, 0.3) is 16.8 Å². The Labute approximate surface area is 290 Å². The van der Waals surface area contributed by atoms with Crippen LogP contribution in [0.4, 0.5) is 0 Å². The molecule has 0 fully saturated rings. The topological polar surface area (TPSA) is 69.9 Å². The third kappa shape index (κ3) is 5.99. The zero-order chi connectivity index (χ0) is 31.0. The molecule has 10 heteroatoms. The predicted molar refractivity (Wildman–Crippen MR) is 192 cm³/mol. The molecule has 1 atom stereocenters. The van der Waals surface area contributed by atoms with E-state index in [2.05, 4.69) is 74.4 Å². The predicted octanol–water partition coefficient (Wildman–Crippen LogP) is 7.39. The fourth-order valence-electron chi connectivity index (χ4n) is 5.33. The molecule has 0 unspecified atom stereocenters. The minimum Gasteiger partial charge on any atom is -0.487 e. The van der Waals surface area contributed by atoms with Crippen molar-refractivity contribution in [3.63, 3.8) is 0 Å². The van der Waals surface area contributed by atoms with Gasteiger partial charge in [0, 0.05) is 14.2 Å². The average molecular weight is 847 g/mol. The maximum absolute atomic E-state index is 14.2. The lowest BCUT2D eigenvalue weighted by Crippen LogP contribution is -2.40. The minimum atomic E-state index is -0.778. The Morgan fingerprint density at radius 1 is 1.07 bits per heavy atom.